The van der Waals surface area contributed by atoms with Gasteiger partial charge in [-0.15, -0.1) is 0 Å². The Bertz CT molecular complexity index is 1130. The molecule has 4 rings (SSSR count). The van der Waals surface area contributed by atoms with Crippen molar-refractivity contribution in [3.63, 3.8) is 0 Å². The summed E-state index contributed by atoms with van der Waals surface area (Å²) in [4.78, 5) is 29.5. The Balaban J connectivity index is 1.24. The third-order valence-corrected chi connectivity index (χ3v) is 6.08. The van der Waals surface area contributed by atoms with Gasteiger partial charge in [-0.2, -0.15) is 0 Å². The van der Waals surface area contributed by atoms with Gasteiger partial charge in [0, 0.05) is 24.6 Å². The zero-order valence-electron chi connectivity index (χ0n) is 18.3. The van der Waals surface area contributed by atoms with Crippen LogP contribution in [0.2, 0.25) is 0 Å². The molecule has 2 aromatic heterocycles. The van der Waals surface area contributed by atoms with Crippen molar-refractivity contribution in [3.05, 3.63) is 47.2 Å². The van der Waals surface area contributed by atoms with E-state index in [0.29, 0.717) is 18.3 Å². The van der Waals surface area contributed by atoms with E-state index in [9.17, 15) is 9.59 Å². The lowest BCUT2D eigenvalue weighted by Crippen LogP contribution is -2.35. The topological polar surface area (TPSA) is 136 Å². The van der Waals surface area contributed by atoms with Gasteiger partial charge in [-0.3, -0.25) is 9.59 Å². The number of nitrogen functional groups attached to an aromatic ring is 1. The summed E-state index contributed by atoms with van der Waals surface area (Å²) in [5.74, 6) is 0.351. The van der Waals surface area contributed by atoms with E-state index in [1.54, 1.807) is 13.0 Å². The zero-order chi connectivity index (χ0) is 22.7. The van der Waals surface area contributed by atoms with Crippen molar-refractivity contribution in [1.82, 2.24) is 25.9 Å². The van der Waals surface area contributed by atoms with E-state index in [2.05, 4.69) is 25.9 Å². The highest BCUT2D eigenvalue weighted by molar-refractivity contribution is 5.89. The average molecular weight is 437 g/mol. The molecule has 0 spiro atoms. The summed E-state index contributed by atoms with van der Waals surface area (Å²) in [7, 11) is 0. The van der Waals surface area contributed by atoms with E-state index in [1.807, 2.05) is 31.2 Å². The van der Waals surface area contributed by atoms with Gasteiger partial charge >= 0.3 is 0 Å². The first kappa shape index (κ1) is 21.9. The molecule has 0 saturated carbocycles. The SMILES string of the molecule is Cc1nc(N)ccc1CNC(=O)[C@H](C)CC(=O)[C@H]1C[C@H](Cc2ccc3nonc3c2)CN1. The van der Waals surface area contributed by atoms with Crippen molar-refractivity contribution in [2.24, 2.45) is 11.8 Å². The number of pyridine rings is 1. The van der Waals surface area contributed by atoms with E-state index >= 15 is 0 Å². The van der Waals surface area contributed by atoms with Crippen molar-refractivity contribution in [1.29, 1.82) is 0 Å². The van der Waals surface area contributed by atoms with Crippen LogP contribution >= 0.6 is 0 Å². The maximum absolute atomic E-state index is 12.8. The number of fused-ring (bicyclic) bond motifs is 1. The van der Waals surface area contributed by atoms with Gasteiger partial charge in [-0.25, -0.2) is 9.61 Å². The monoisotopic (exact) mass is 436 g/mol. The molecule has 0 bridgehead atoms. The average Bonchev–Trinajstić information content (AvgIpc) is 3.42. The minimum atomic E-state index is -0.396. The number of anilines is 1. The quantitative estimate of drug-likeness (QED) is 0.487. The molecule has 9 nitrogen and oxygen atoms in total. The number of hydrogen-bond donors (Lipinski definition) is 3. The van der Waals surface area contributed by atoms with Gasteiger partial charge in [0.25, 0.3) is 0 Å². The number of carbonyl (C=O) groups excluding carboxylic acids is 2. The first-order valence-corrected chi connectivity index (χ1v) is 10.9. The fraction of sp³-hybridized carbons (Fsp3) is 0.435. The van der Waals surface area contributed by atoms with Gasteiger partial charge in [-0.1, -0.05) is 19.1 Å². The van der Waals surface area contributed by atoms with E-state index in [0.717, 1.165) is 47.2 Å². The molecule has 1 aliphatic heterocycles. The standard InChI is InChI=1S/C23H28N6O3/c1-13(23(31)26-12-17-4-6-22(24)27-14(17)2)7-21(30)20-10-16(11-25-20)8-15-3-5-18-19(9-15)29-32-28-18/h3-6,9,13,16,20,25H,7-8,10-12H2,1-2H3,(H2,24,27)(H,26,31)/t13-,16+,20-/m1/s1. The van der Waals surface area contributed by atoms with Gasteiger partial charge in [0.15, 0.2) is 5.78 Å². The van der Waals surface area contributed by atoms with Crippen molar-refractivity contribution in [2.45, 2.75) is 45.7 Å². The molecule has 0 aliphatic carbocycles. The molecule has 3 heterocycles. The highest BCUT2D eigenvalue weighted by Crippen LogP contribution is 2.23. The van der Waals surface area contributed by atoms with Crippen LogP contribution in [0, 0.1) is 18.8 Å². The Hall–Kier alpha value is -3.33. The van der Waals surface area contributed by atoms with Crippen LogP contribution in [-0.4, -0.2) is 39.6 Å². The lowest BCUT2D eigenvalue weighted by molar-refractivity contribution is -0.129. The molecule has 0 unspecified atom stereocenters. The van der Waals surface area contributed by atoms with Gasteiger partial charge in [0.05, 0.1) is 6.04 Å². The number of nitrogens with two attached hydrogens (primary N) is 1. The van der Waals surface area contributed by atoms with Crippen LogP contribution in [-0.2, 0) is 22.6 Å². The van der Waals surface area contributed by atoms with Crippen LogP contribution in [0.4, 0.5) is 5.82 Å². The molecule has 0 radical (unpaired) electrons. The number of benzene rings is 1. The molecule has 9 heteroatoms. The van der Waals surface area contributed by atoms with Crippen LogP contribution in [0.1, 0.15) is 36.6 Å². The molecule has 168 valence electrons. The summed E-state index contributed by atoms with van der Waals surface area (Å²) in [6.07, 6.45) is 1.83. The molecule has 1 aliphatic rings. The molecule has 1 fully saturated rings. The Labute approximate surface area is 186 Å². The van der Waals surface area contributed by atoms with Crippen molar-refractivity contribution >= 4 is 28.5 Å². The number of nitrogens with zero attached hydrogens (tertiary/aromatic N) is 3. The molecule has 3 atom stereocenters. The lowest BCUT2D eigenvalue weighted by Gasteiger charge is -2.15. The Morgan fingerprint density at radius 1 is 1.25 bits per heavy atom. The highest BCUT2D eigenvalue weighted by Gasteiger charge is 2.31. The second kappa shape index (κ2) is 9.44. The Morgan fingerprint density at radius 3 is 2.88 bits per heavy atom. The van der Waals surface area contributed by atoms with E-state index in [-0.39, 0.29) is 24.2 Å². The van der Waals surface area contributed by atoms with Crippen LogP contribution in [0.3, 0.4) is 0 Å². The second-order valence-corrected chi connectivity index (χ2v) is 8.62. The van der Waals surface area contributed by atoms with Crippen LogP contribution in [0.25, 0.3) is 11.0 Å². The fourth-order valence-corrected chi connectivity index (χ4v) is 4.19. The van der Waals surface area contributed by atoms with Crippen molar-refractivity contribution in [2.75, 3.05) is 12.3 Å². The molecular weight excluding hydrogens is 408 g/mol. The summed E-state index contributed by atoms with van der Waals surface area (Å²) >= 11 is 0. The van der Waals surface area contributed by atoms with Gasteiger partial charge in [-0.05, 0) is 71.9 Å². The Morgan fingerprint density at radius 2 is 2.06 bits per heavy atom. The number of hydrogen-bond acceptors (Lipinski definition) is 8. The number of Topliss-reactive ketones (excluding diaryl/α,β-unsaturated/α-hetero) is 1. The predicted octanol–water partition coefficient (Wildman–Crippen LogP) is 1.94. The number of aryl methyl sites for hydroxylation is 1. The molecular formula is C23H28N6O3. The van der Waals surface area contributed by atoms with E-state index < -0.39 is 5.92 Å². The predicted molar refractivity (Wildman–Crippen MR) is 119 cm³/mol. The summed E-state index contributed by atoms with van der Waals surface area (Å²) in [5.41, 5.74) is 9.99. The van der Waals surface area contributed by atoms with Crippen molar-refractivity contribution in [3.8, 4) is 0 Å². The summed E-state index contributed by atoms with van der Waals surface area (Å²) in [5, 5.41) is 13.9. The maximum atomic E-state index is 12.8. The molecule has 1 aromatic carbocycles. The number of amides is 1. The molecule has 4 N–H and O–H groups in total. The highest BCUT2D eigenvalue weighted by atomic mass is 16.6. The van der Waals surface area contributed by atoms with Gasteiger partial charge in [0.1, 0.15) is 16.9 Å². The first-order valence-electron chi connectivity index (χ1n) is 10.9. The number of nitrogens with one attached hydrogen (secondary N) is 2. The van der Waals surface area contributed by atoms with Crippen LogP contribution in [0.15, 0.2) is 35.0 Å². The van der Waals surface area contributed by atoms with Crippen molar-refractivity contribution < 1.29 is 14.2 Å². The molecule has 32 heavy (non-hydrogen) atoms. The normalized spacial score (nSPS) is 19.2. The molecule has 1 amide bonds. The maximum Gasteiger partial charge on any atom is 0.223 e. The first-order chi connectivity index (χ1) is 15.4. The summed E-state index contributed by atoms with van der Waals surface area (Å²) in [6, 6.07) is 9.25. The van der Waals surface area contributed by atoms with Crippen LogP contribution < -0.4 is 16.4 Å². The number of aromatic nitrogens is 3. The van der Waals surface area contributed by atoms with Gasteiger partial charge in [0.2, 0.25) is 5.91 Å². The van der Waals surface area contributed by atoms with Crippen LogP contribution in [0.5, 0.6) is 0 Å². The number of rotatable bonds is 8. The summed E-state index contributed by atoms with van der Waals surface area (Å²) in [6.45, 7) is 4.78. The van der Waals surface area contributed by atoms with E-state index in [1.165, 1.54) is 0 Å². The summed E-state index contributed by atoms with van der Waals surface area (Å²) < 4.78 is 4.75. The smallest absolute Gasteiger partial charge is 0.223 e. The molecule has 1 saturated heterocycles. The number of carbonyl (C=O) groups is 2. The number of ketones is 1. The third-order valence-electron chi connectivity index (χ3n) is 6.08. The van der Waals surface area contributed by atoms with Gasteiger partial charge < -0.3 is 16.4 Å². The fourth-order valence-electron chi connectivity index (χ4n) is 4.19. The largest absolute Gasteiger partial charge is 0.384 e. The molecule has 3 aromatic rings. The minimum Gasteiger partial charge on any atom is -0.384 e. The van der Waals surface area contributed by atoms with E-state index in [4.69, 9.17) is 10.4 Å². The minimum absolute atomic E-state index is 0.0802. The zero-order valence-corrected chi connectivity index (χ0v) is 18.3. The second-order valence-electron chi connectivity index (χ2n) is 8.62. The third kappa shape index (κ3) is 5.11. The lowest BCUT2D eigenvalue weighted by atomic mass is 9.93. The Kier molecular flexibility index (Phi) is 6.45.